The molecule has 0 aliphatic carbocycles. The van der Waals surface area contributed by atoms with Crippen LogP contribution in [0.4, 0.5) is 10.8 Å². The second-order valence-electron chi connectivity index (χ2n) is 5.40. The maximum Gasteiger partial charge on any atom is 0.339 e. The van der Waals surface area contributed by atoms with E-state index >= 15 is 0 Å². The van der Waals surface area contributed by atoms with E-state index in [1.165, 1.54) is 35.6 Å². The van der Waals surface area contributed by atoms with Gasteiger partial charge in [0.05, 0.1) is 11.3 Å². The fourth-order valence-corrected chi connectivity index (χ4v) is 2.91. The fraction of sp³-hybridized carbons (Fsp3) is 0.0556. The third kappa shape index (κ3) is 3.81. The van der Waals surface area contributed by atoms with Crippen LogP contribution in [0.3, 0.4) is 0 Å². The van der Waals surface area contributed by atoms with Crippen molar-refractivity contribution < 1.29 is 19.4 Å². The van der Waals surface area contributed by atoms with Crippen LogP contribution < -0.4 is 15.8 Å². The zero-order valence-electron chi connectivity index (χ0n) is 13.7. The number of aromatic nitrogens is 1. The summed E-state index contributed by atoms with van der Waals surface area (Å²) in [4.78, 5) is 27.9. The summed E-state index contributed by atoms with van der Waals surface area (Å²) >= 11 is 1.31. The number of nitrogens with one attached hydrogen (secondary N) is 1. The van der Waals surface area contributed by atoms with E-state index in [2.05, 4.69) is 10.3 Å². The number of carbonyl (C=O) groups excluding carboxylic acids is 1. The standard InChI is InChI=1S/C18H15N3O4S/c1-10-9-26-18(20-10)21-16(22)13-8-11(6-7-14(13)19)25-15-5-3-2-4-12(15)17(23)24/h2-9H,19H2,1H3,(H,23,24)(H,20,21,22). The monoisotopic (exact) mass is 369 g/mol. The minimum atomic E-state index is -1.10. The number of hydrogen-bond acceptors (Lipinski definition) is 6. The molecule has 132 valence electrons. The van der Waals surface area contributed by atoms with Crippen molar-refractivity contribution in [3.05, 3.63) is 64.7 Å². The van der Waals surface area contributed by atoms with Crippen molar-refractivity contribution >= 4 is 34.0 Å². The first-order valence-corrected chi connectivity index (χ1v) is 8.45. The summed E-state index contributed by atoms with van der Waals surface area (Å²) in [6.45, 7) is 1.83. The van der Waals surface area contributed by atoms with Crippen LogP contribution in [0, 0.1) is 6.92 Å². The lowest BCUT2D eigenvalue weighted by molar-refractivity contribution is 0.0694. The molecule has 0 atom stereocenters. The smallest absolute Gasteiger partial charge is 0.339 e. The van der Waals surface area contributed by atoms with Crippen LogP contribution in [0.5, 0.6) is 11.5 Å². The summed E-state index contributed by atoms with van der Waals surface area (Å²) in [6.07, 6.45) is 0. The van der Waals surface area contributed by atoms with Gasteiger partial charge in [-0.25, -0.2) is 9.78 Å². The second-order valence-corrected chi connectivity index (χ2v) is 6.26. The Labute approximate surface area is 153 Å². The molecule has 26 heavy (non-hydrogen) atoms. The summed E-state index contributed by atoms with van der Waals surface area (Å²) in [7, 11) is 0. The average Bonchev–Trinajstić information content (AvgIpc) is 3.01. The van der Waals surface area contributed by atoms with Gasteiger partial charge in [-0.2, -0.15) is 0 Å². The van der Waals surface area contributed by atoms with Gasteiger partial charge in [0.15, 0.2) is 5.13 Å². The second kappa shape index (κ2) is 7.24. The van der Waals surface area contributed by atoms with Gasteiger partial charge in [-0.3, -0.25) is 10.1 Å². The number of benzene rings is 2. The van der Waals surface area contributed by atoms with E-state index in [0.29, 0.717) is 10.9 Å². The molecule has 0 radical (unpaired) electrons. The number of para-hydroxylation sites is 1. The summed E-state index contributed by atoms with van der Waals surface area (Å²) in [5.74, 6) is -1.05. The SMILES string of the molecule is Cc1csc(NC(=O)c2cc(Oc3ccccc3C(=O)O)ccc2N)n1. The molecule has 0 aliphatic heterocycles. The molecule has 0 spiro atoms. The Morgan fingerprint density at radius 2 is 1.96 bits per heavy atom. The summed E-state index contributed by atoms with van der Waals surface area (Å²) in [6, 6.07) is 10.8. The van der Waals surface area contributed by atoms with E-state index in [1.54, 1.807) is 18.2 Å². The minimum Gasteiger partial charge on any atom is -0.478 e. The Hall–Kier alpha value is -3.39. The highest BCUT2D eigenvalue weighted by Crippen LogP contribution is 2.28. The molecular weight excluding hydrogens is 354 g/mol. The molecule has 1 heterocycles. The molecule has 2 aromatic carbocycles. The van der Waals surface area contributed by atoms with Crippen LogP contribution in [-0.2, 0) is 0 Å². The predicted molar refractivity (Wildman–Crippen MR) is 99.1 cm³/mol. The number of nitrogen functional groups attached to an aromatic ring is 1. The quantitative estimate of drug-likeness (QED) is 0.590. The number of ether oxygens (including phenoxy) is 1. The van der Waals surface area contributed by atoms with E-state index < -0.39 is 11.9 Å². The number of nitrogens with zero attached hydrogens (tertiary/aromatic N) is 1. The molecule has 4 N–H and O–H groups in total. The van der Waals surface area contributed by atoms with E-state index in [0.717, 1.165) is 5.69 Å². The highest BCUT2D eigenvalue weighted by Gasteiger charge is 2.15. The maximum absolute atomic E-state index is 12.4. The van der Waals surface area contributed by atoms with Gasteiger partial charge in [0.2, 0.25) is 0 Å². The largest absolute Gasteiger partial charge is 0.478 e. The van der Waals surface area contributed by atoms with Gasteiger partial charge in [0, 0.05) is 11.1 Å². The number of thiazole rings is 1. The van der Waals surface area contributed by atoms with Gasteiger partial charge < -0.3 is 15.6 Å². The molecule has 0 fully saturated rings. The molecule has 0 bridgehead atoms. The summed E-state index contributed by atoms with van der Waals surface area (Å²) in [5.41, 5.74) is 7.21. The maximum atomic E-state index is 12.4. The van der Waals surface area contributed by atoms with E-state index in [4.69, 9.17) is 10.5 Å². The third-order valence-corrected chi connectivity index (χ3v) is 4.33. The Morgan fingerprint density at radius 1 is 1.19 bits per heavy atom. The number of amides is 1. The lowest BCUT2D eigenvalue weighted by Crippen LogP contribution is -2.14. The number of aromatic carboxylic acids is 1. The van der Waals surface area contributed by atoms with E-state index in [-0.39, 0.29) is 22.6 Å². The summed E-state index contributed by atoms with van der Waals surface area (Å²) < 4.78 is 5.64. The lowest BCUT2D eigenvalue weighted by Gasteiger charge is -2.11. The van der Waals surface area contributed by atoms with Crippen molar-refractivity contribution in [1.29, 1.82) is 0 Å². The first kappa shape index (κ1) is 17.4. The highest BCUT2D eigenvalue weighted by atomic mass is 32.1. The van der Waals surface area contributed by atoms with Crippen molar-refractivity contribution in [1.82, 2.24) is 4.98 Å². The molecule has 1 amide bonds. The number of nitrogens with two attached hydrogens (primary N) is 1. The number of carboxylic acids is 1. The lowest BCUT2D eigenvalue weighted by atomic mass is 10.1. The zero-order valence-corrected chi connectivity index (χ0v) is 14.5. The Morgan fingerprint density at radius 3 is 2.65 bits per heavy atom. The first-order valence-electron chi connectivity index (χ1n) is 7.57. The van der Waals surface area contributed by atoms with E-state index in [9.17, 15) is 14.7 Å². The summed E-state index contributed by atoms with van der Waals surface area (Å²) in [5, 5.41) is 14.2. The number of rotatable bonds is 5. The van der Waals surface area contributed by atoms with Gasteiger partial charge in [0.1, 0.15) is 17.1 Å². The van der Waals surface area contributed by atoms with Crippen molar-refractivity contribution in [3.8, 4) is 11.5 Å². The van der Waals surface area contributed by atoms with Crippen molar-refractivity contribution in [2.75, 3.05) is 11.1 Å². The molecule has 0 saturated heterocycles. The normalized spacial score (nSPS) is 10.3. The van der Waals surface area contributed by atoms with Gasteiger partial charge >= 0.3 is 5.97 Å². The number of hydrogen-bond donors (Lipinski definition) is 3. The topological polar surface area (TPSA) is 115 Å². The van der Waals surface area contributed by atoms with Gasteiger partial charge in [-0.1, -0.05) is 12.1 Å². The van der Waals surface area contributed by atoms with Gasteiger partial charge in [-0.15, -0.1) is 11.3 Å². The van der Waals surface area contributed by atoms with Crippen LogP contribution in [0.2, 0.25) is 0 Å². The molecule has 3 rings (SSSR count). The number of carbonyl (C=O) groups is 2. The van der Waals surface area contributed by atoms with Gasteiger partial charge in [0.25, 0.3) is 5.91 Å². The third-order valence-electron chi connectivity index (χ3n) is 3.45. The number of aryl methyl sites for hydroxylation is 1. The zero-order chi connectivity index (χ0) is 18.7. The van der Waals surface area contributed by atoms with Crippen LogP contribution in [-0.4, -0.2) is 22.0 Å². The fourth-order valence-electron chi connectivity index (χ4n) is 2.23. The Kier molecular flexibility index (Phi) is 4.85. The highest BCUT2D eigenvalue weighted by molar-refractivity contribution is 7.13. The molecule has 0 aliphatic rings. The van der Waals surface area contributed by atoms with Crippen molar-refractivity contribution in [3.63, 3.8) is 0 Å². The molecule has 0 saturated carbocycles. The molecule has 0 unspecified atom stereocenters. The van der Waals surface area contributed by atoms with Crippen LogP contribution in [0.15, 0.2) is 47.8 Å². The van der Waals surface area contributed by atoms with Crippen LogP contribution >= 0.6 is 11.3 Å². The van der Waals surface area contributed by atoms with Crippen LogP contribution in [0.1, 0.15) is 26.4 Å². The van der Waals surface area contributed by atoms with E-state index in [1.807, 2.05) is 12.3 Å². The molecule has 1 aromatic heterocycles. The predicted octanol–water partition coefficient (Wildman–Crippen LogP) is 3.78. The number of anilines is 2. The molecular formula is C18H15N3O4S. The van der Waals surface area contributed by atoms with Crippen molar-refractivity contribution in [2.24, 2.45) is 0 Å². The number of carboxylic acid groups (broad SMARTS) is 1. The van der Waals surface area contributed by atoms with Crippen molar-refractivity contribution in [2.45, 2.75) is 6.92 Å². The van der Waals surface area contributed by atoms with Gasteiger partial charge in [-0.05, 0) is 37.3 Å². The Bertz CT molecular complexity index is 984. The Balaban J connectivity index is 1.86. The average molecular weight is 369 g/mol. The minimum absolute atomic E-state index is 0.0218. The first-order chi connectivity index (χ1) is 12.4. The molecule has 3 aromatic rings. The van der Waals surface area contributed by atoms with Crippen LogP contribution in [0.25, 0.3) is 0 Å². The molecule has 7 nitrogen and oxygen atoms in total. The molecule has 8 heteroatoms.